The molecule has 0 saturated carbocycles. The Labute approximate surface area is 150 Å². The third kappa shape index (κ3) is 6.60. The predicted molar refractivity (Wildman–Crippen MR) is 91.7 cm³/mol. The van der Waals surface area contributed by atoms with Gasteiger partial charge in [0.15, 0.2) is 0 Å². The fourth-order valence-electron chi connectivity index (χ4n) is 1.84. The van der Waals surface area contributed by atoms with Gasteiger partial charge >= 0.3 is 11.9 Å². The van der Waals surface area contributed by atoms with E-state index in [4.69, 9.17) is 32.7 Å². The van der Waals surface area contributed by atoms with Crippen LogP contribution in [0, 0.1) is 0 Å². The van der Waals surface area contributed by atoms with E-state index >= 15 is 0 Å². The van der Waals surface area contributed by atoms with E-state index in [1.54, 1.807) is 48.5 Å². The normalized spacial score (nSPS) is 10.2. The number of rotatable bonds is 7. The van der Waals surface area contributed by atoms with Gasteiger partial charge < -0.3 is 9.47 Å². The number of hydrogen-bond acceptors (Lipinski definition) is 4. The third-order valence-corrected chi connectivity index (χ3v) is 3.66. The van der Waals surface area contributed by atoms with Gasteiger partial charge in [0.1, 0.15) is 13.2 Å². The van der Waals surface area contributed by atoms with Crippen molar-refractivity contribution in [3.8, 4) is 0 Å². The van der Waals surface area contributed by atoms with Crippen molar-refractivity contribution >= 4 is 35.1 Å². The minimum absolute atomic E-state index is 0.0208. The second-order valence-electron chi connectivity index (χ2n) is 5.07. The highest BCUT2D eigenvalue weighted by Crippen LogP contribution is 2.12. The average Bonchev–Trinajstić information content (AvgIpc) is 2.59. The Morgan fingerprint density at radius 3 is 1.33 bits per heavy atom. The van der Waals surface area contributed by atoms with Crippen LogP contribution in [0.1, 0.15) is 24.0 Å². The van der Waals surface area contributed by atoms with Crippen molar-refractivity contribution in [2.24, 2.45) is 0 Å². The zero-order chi connectivity index (χ0) is 17.4. The van der Waals surface area contributed by atoms with Gasteiger partial charge in [-0.2, -0.15) is 0 Å². The third-order valence-electron chi connectivity index (χ3n) is 3.16. The molecule has 6 heteroatoms. The number of ether oxygens (including phenoxy) is 2. The molecule has 2 rings (SSSR count). The Hall–Kier alpha value is -2.04. The van der Waals surface area contributed by atoms with Gasteiger partial charge in [0.25, 0.3) is 0 Å². The molecule has 0 fully saturated rings. The SMILES string of the molecule is O=C(CCC(=O)OCc1ccc(Cl)cc1)OCc1ccc(Cl)cc1. The molecule has 0 aliphatic heterocycles. The van der Waals surface area contributed by atoms with Crippen molar-refractivity contribution in [3.63, 3.8) is 0 Å². The number of hydrogen-bond donors (Lipinski definition) is 0. The Kier molecular flexibility index (Phi) is 7.09. The number of benzene rings is 2. The van der Waals surface area contributed by atoms with Crippen LogP contribution in [-0.2, 0) is 32.3 Å². The highest BCUT2D eigenvalue weighted by Gasteiger charge is 2.10. The molecule has 126 valence electrons. The lowest BCUT2D eigenvalue weighted by Crippen LogP contribution is -2.10. The van der Waals surface area contributed by atoms with Crippen molar-refractivity contribution in [2.45, 2.75) is 26.1 Å². The average molecular weight is 367 g/mol. The summed E-state index contributed by atoms with van der Waals surface area (Å²) in [7, 11) is 0. The van der Waals surface area contributed by atoms with Crippen molar-refractivity contribution < 1.29 is 19.1 Å². The summed E-state index contributed by atoms with van der Waals surface area (Å²) in [5.74, 6) is -0.901. The topological polar surface area (TPSA) is 52.6 Å². The van der Waals surface area contributed by atoms with Crippen LogP contribution in [0.2, 0.25) is 10.0 Å². The molecule has 0 aliphatic rings. The molecule has 2 aromatic carbocycles. The Bertz CT molecular complexity index is 620. The van der Waals surface area contributed by atoms with Gasteiger partial charge in [-0.25, -0.2) is 0 Å². The van der Waals surface area contributed by atoms with Crippen LogP contribution in [0.25, 0.3) is 0 Å². The maximum atomic E-state index is 11.6. The van der Waals surface area contributed by atoms with Crippen molar-refractivity contribution in [1.29, 1.82) is 0 Å². The van der Waals surface area contributed by atoms with E-state index in [1.807, 2.05) is 0 Å². The minimum atomic E-state index is -0.451. The first-order valence-corrected chi connectivity index (χ1v) is 8.08. The summed E-state index contributed by atoms with van der Waals surface area (Å²) in [5.41, 5.74) is 1.66. The highest BCUT2D eigenvalue weighted by atomic mass is 35.5. The largest absolute Gasteiger partial charge is 0.461 e. The first-order chi connectivity index (χ1) is 11.5. The van der Waals surface area contributed by atoms with E-state index in [9.17, 15) is 9.59 Å². The first kappa shape index (κ1) is 18.3. The minimum Gasteiger partial charge on any atom is -0.461 e. The number of halogens is 2. The highest BCUT2D eigenvalue weighted by molar-refractivity contribution is 6.30. The van der Waals surface area contributed by atoms with E-state index < -0.39 is 11.9 Å². The van der Waals surface area contributed by atoms with Crippen LogP contribution in [0.15, 0.2) is 48.5 Å². The quantitative estimate of drug-likeness (QED) is 0.674. The lowest BCUT2D eigenvalue weighted by atomic mass is 10.2. The molecular weight excluding hydrogens is 351 g/mol. The Balaban J connectivity index is 1.64. The summed E-state index contributed by atoms with van der Waals surface area (Å²) < 4.78 is 10.2. The van der Waals surface area contributed by atoms with Crippen molar-refractivity contribution in [1.82, 2.24) is 0 Å². The van der Waals surface area contributed by atoms with Gasteiger partial charge in [-0.3, -0.25) is 9.59 Å². The molecule has 0 saturated heterocycles. The number of esters is 2. The molecule has 0 spiro atoms. The lowest BCUT2D eigenvalue weighted by Gasteiger charge is -2.06. The number of carbonyl (C=O) groups is 2. The van der Waals surface area contributed by atoms with E-state index in [1.165, 1.54) is 0 Å². The van der Waals surface area contributed by atoms with Crippen molar-refractivity contribution in [2.75, 3.05) is 0 Å². The molecule has 2 aromatic rings. The summed E-state index contributed by atoms with van der Waals surface area (Å²) in [6, 6.07) is 14.0. The maximum Gasteiger partial charge on any atom is 0.306 e. The van der Waals surface area contributed by atoms with Crippen LogP contribution < -0.4 is 0 Å². The molecule has 0 bridgehead atoms. The van der Waals surface area contributed by atoms with Gasteiger partial charge in [0.2, 0.25) is 0 Å². The maximum absolute atomic E-state index is 11.6. The molecule has 0 radical (unpaired) electrons. The van der Waals surface area contributed by atoms with Gasteiger partial charge in [-0.15, -0.1) is 0 Å². The van der Waals surface area contributed by atoms with Crippen LogP contribution in [-0.4, -0.2) is 11.9 Å². The standard InChI is InChI=1S/C18H16Cl2O4/c19-15-5-1-13(2-6-15)11-23-17(21)9-10-18(22)24-12-14-3-7-16(20)8-4-14/h1-8H,9-12H2. The molecule has 0 aliphatic carbocycles. The number of carbonyl (C=O) groups excluding carboxylic acids is 2. The molecule has 0 unspecified atom stereocenters. The van der Waals surface area contributed by atoms with Gasteiger partial charge in [-0.1, -0.05) is 47.5 Å². The summed E-state index contributed by atoms with van der Waals surface area (Å²) in [6.07, 6.45) is -0.0416. The Morgan fingerprint density at radius 1 is 0.667 bits per heavy atom. The molecule has 0 aromatic heterocycles. The Morgan fingerprint density at radius 2 is 1.00 bits per heavy atom. The molecular formula is C18H16Cl2O4. The second kappa shape index (κ2) is 9.30. The van der Waals surface area contributed by atoms with Gasteiger partial charge in [-0.05, 0) is 35.4 Å². The fraction of sp³-hybridized carbons (Fsp3) is 0.222. The lowest BCUT2D eigenvalue weighted by molar-refractivity contribution is -0.151. The summed E-state index contributed by atoms with van der Waals surface area (Å²) in [6.45, 7) is 0.297. The first-order valence-electron chi connectivity index (χ1n) is 7.33. The zero-order valence-electron chi connectivity index (χ0n) is 12.8. The van der Waals surface area contributed by atoms with Crippen LogP contribution >= 0.6 is 23.2 Å². The summed E-state index contributed by atoms with van der Waals surface area (Å²) in [4.78, 5) is 23.3. The van der Waals surface area contributed by atoms with E-state index in [0.717, 1.165) is 11.1 Å². The van der Waals surface area contributed by atoms with Crippen LogP contribution in [0.5, 0.6) is 0 Å². The molecule has 0 amide bonds. The van der Waals surface area contributed by atoms with Crippen LogP contribution in [0.3, 0.4) is 0 Å². The van der Waals surface area contributed by atoms with Crippen LogP contribution in [0.4, 0.5) is 0 Å². The summed E-state index contributed by atoms with van der Waals surface area (Å²) >= 11 is 11.5. The zero-order valence-corrected chi connectivity index (χ0v) is 14.3. The smallest absolute Gasteiger partial charge is 0.306 e. The van der Waals surface area contributed by atoms with E-state index in [2.05, 4.69) is 0 Å². The van der Waals surface area contributed by atoms with Gasteiger partial charge in [0, 0.05) is 10.0 Å². The molecule has 0 heterocycles. The van der Waals surface area contributed by atoms with E-state index in [0.29, 0.717) is 10.0 Å². The monoisotopic (exact) mass is 366 g/mol. The van der Waals surface area contributed by atoms with Crippen molar-refractivity contribution in [3.05, 3.63) is 69.7 Å². The predicted octanol–water partition coefficient (Wildman–Crippen LogP) is 4.56. The molecule has 0 atom stereocenters. The second-order valence-corrected chi connectivity index (χ2v) is 5.95. The molecule has 0 N–H and O–H groups in total. The van der Waals surface area contributed by atoms with E-state index in [-0.39, 0.29) is 26.1 Å². The van der Waals surface area contributed by atoms with Gasteiger partial charge in [0.05, 0.1) is 12.8 Å². The molecule has 24 heavy (non-hydrogen) atoms. The molecule has 4 nitrogen and oxygen atoms in total. The fourth-order valence-corrected chi connectivity index (χ4v) is 2.09. The summed E-state index contributed by atoms with van der Waals surface area (Å²) in [5, 5.41) is 1.24.